The first-order valence-corrected chi connectivity index (χ1v) is 7.22. The lowest BCUT2D eigenvalue weighted by Gasteiger charge is -2.13. The van der Waals surface area contributed by atoms with Gasteiger partial charge in [-0.15, -0.1) is 11.8 Å². The maximum Gasteiger partial charge on any atom is 0.0603 e. The lowest BCUT2D eigenvalue weighted by Crippen LogP contribution is -2.22. The van der Waals surface area contributed by atoms with Gasteiger partial charge in [-0.3, -0.25) is 0 Å². The fourth-order valence-electron chi connectivity index (χ4n) is 1.83. The Hall–Kier alpha value is 0.110. The van der Waals surface area contributed by atoms with Gasteiger partial charge in [-0.25, -0.2) is 0 Å². The zero-order valence-corrected chi connectivity index (χ0v) is 11.3. The molecular formula is C12H15Cl2NS. The van der Waals surface area contributed by atoms with Crippen LogP contribution >= 0.6 is 35.0 Å². The first-order valence-electron chi connectivity index (χ1n) is 5.58. The Kier molecular flexibility index (Phi) is 4.83. The molecule has 1 N–H and O–H groups in total. The summed E-state index contributed by atoms with van der Waals surface area (Å²) in [6.45, 7) is 2.24. The van der Waals surface area contributed by atoms with E-state index in [1.807, 2.05) is 30.0 Å². The number of thioether (sulfide) groups is 1. The molecule has 1 heterocycles. The molecule has 1 atom stereocenters. The Labute approximate surface area is 111 Å². The number of hydrogen-bond donors (Lipinski definition) is 1. The van der Waals surface area contributed by atoms with E-state index >= 15 is 0 Å². The minimum atomic E-state index is 0.630. The van der Waals surface area contributed by atoms with Crippen molar-refractivity contribution in [3.63, 3.8) is 0 Å². The number of rotatable bonds is 2. The van der Waals surface area contributed by atoms with Crippen LogP contribution in [0, 0.1) is 0 Å². The van der Waals surface area contributed by atoms with Crippen LogP contribution in [0.4, 0.5) is 0 Å². The average Bonchev–Trinajstić information content (AvgIpc) is 2.52. The van der Waals surface area contributed by atoms with E-state index in [4.69, 9.17) is 23.2 Å². The highest BCUT2D eigenvalue weighted by Crippen LogP contribution is 2.32. The van der Waals surface area contributed by atoms with Crippen molar-refractivity contribution >= 4 is 35.0 Å². The first-order chi connectivity index (χ1) is 7.75. The molecule has 1 nitrogen and oxygen atoms in total. The highest BCUT2D eigenvalue weighted by Gasteiger charge is 2.13. The Morgan fingerprint density at radius 3 is 2.88 bits per heavy atom. The molecule has 1 unspecified atom stereocenters. The predicted molar refractivity (Wildman–Crippen MR) is 72.8 cm³/mol. The standard InChI is InChI=1S/C12H15Cl2NS/c13-11-5-4-9(7-12(11)14)16-10-3-1-2-6-15-8-10/h4-5,7,10,15H,1-3,6,8H2. The van der Waals surface area contributed by atoms with E-state index in [9.17, 15) is 0 Å². The fourth-order valence-corrected chi connectivity index (χ4v) is 3.40. The second-order valence-electron chi connectivity index (χ2n) is 4.02. The summed E-state index contributed by atoms with van der Waals surface area (Å²) in [5.41, 5.74) is 0. The van der Waals surface area contributed by atoms with E-state index in [0.29, 0.717) is 15.3 Å². The van der Waals surface area contributed by atoms with Crippen molar-refractivity contribution in [1.29, 1.82) is 0 Å². The molecule has 4 heteroatoms. The molecule has 1 aromatic rings. The van der Waals surface area contributed by atoms with Crippen molar-refractivity contribution in [2.45, 2.75) is 29.4 Å². The van der Waals surface area contributed by atoms with Crippen LogP contribution in [0.5, 0.6) is 0 Å². The summed E-state index contributed by atoms with van der Waals surface area (Å²) in [5.74, 6) is 0. The largest absolute Gasteiger partial charge is 0.316 e. The van der Waals surface area contributed by atoms with Crippen LogP contribution in [-0.4, -0.2) is 18.3 Å². The Balaban J connectivity index is 1.99. The van der Waals surface area contributed by atoms with Gasteiger partial charge < -0.3 is 5.32 Å². The minimum absolute atomic E-state index is 0.630. The van der Waals surface area contributed by atoms with Gasteiger partial charge in [-0.2, -0.15) is 0 Å². The third-order valence-electron chi connectivity index (χ3n) is 2.70. The molecule has 0 aliphatic carbocycles. The smallest absolute Gasteiger partial charge is 0.0603 e. The zero-order valence-electron chi connectivity index (χ0n) is 9.01. The quantitative estimate of drug-likeness (QED) is 0.867. The molecule has 0 bridgehead atoms. The van der Waals surface area contributed by atoms with Crippen LogP contribution in [0.3, 0.4) is 0 Å². The van der Waals surface area contributed by atoms with Crippen LogP contribution in [0.2, 0.25) is 10.0 Å². The molecule has 0 spiro atoms. The Morgan fingerprint density at radius 2 is 2.06 bits per heavy atom. The number of benzene rings is 1. The maximum atomic E-state index is 6.00. The molecule has 1 aliphatic heterocycles. The van der Waals surface area contributed by atoms with Crippen molar-refractivity contribution in [3.05, 3.63) is 28.2 Å². The molecule has 1 aromatic carbocycles. The molecule has 0 saturated carbocycles. The second-order valence-corrected chi connectivity index (χ2v) is 6.20. The van der Waals surface area contributed by atoms with Crippen LogP contribution in [-0.2, 0) is 0 Å². The molecule has 2 rings (SSSR count). The third kappa shape index (κ3) is 3.56. The van der Waals surface area contributed by atoms with Crippen LogP contribution in [0.1, 0.15) is 19.3 Å². The van der Waals surface area contributed by atoms with Gasteiger partial charge in [-0.05, 0) is 37.6 Å². The van der Waals surface area contributed by atoms with Gasteiger partial charge in [-0.1, -0.05) is 29.6 Å². The van der Waals surface area contributed by atoms with Crippen molar-refractivity contribution in [2.24, 2.45) is 0 Å². The van der Waals surface area contributed by atoms with Gasteiger partial charge in [0.25, 0.3) is 0 Å². The topological polar surface area (TPSA) is 12.0 Å². The lowest BCUT2D eigenvalue weighted by molar-refractivity contribution is 0.706. The maximum absolute atomic E-state index is 6.00. The molecule has 88 valence electrons. The SMILES string of the molecule is Clc1ccc(SC2CCCCNC2)cc1Cl. The van der Waals surface area contributed by atoms with E-state index in [0.717, 1.165) is 13.1 Å². The van der Waals surface area contributed by atoms with Crippen molar-refractivity contribution in [2.75, 3.05) is 13.1 Å². The summed E-state index contributed by atoms with van der Waals surface area (Å²) in [4.78, 5) is 1.21. The summed E-state index contributed by atoms with van der Waals surface area (Å²) in [5, 5.41) is 5.39. The summed E-state index contributed by atoms with van der Waals surface area (Å²) in [6.07, 6.45) is 3.88. The molecule has 0 aromatic heterocycles. The number of hydrogen-bond acceptors (Lipinski definition) is 2. The normalized spacial score (nSPS) is 21.8. The number of halogens is 2. The summed E-state index contributed by atoms with van der Waals surface area (Å²) in [6, 6.07) is 5.87. The van der Waals surface area contributed by atoms with E-state index in [1.165, 1.54) is 24.2 Å². The minimum Gasteiger partial charge on any atom is -0.316 e. The fraction of sp³-hybridized carbons (Fsp3) is 0.500. The third-order valence-corrected chi connectivity index (χ3v) is 4.70. The van der Waals surface area contributed by atoms with Gasteiger partial charge in [0.2, 0.25) is 0 Å². The molecule has 0 amide bonds. The molecule has 1 fully saturated rings. The van der Waals surface area contributed by atoms with Crippen molar-refractivity contribution in [1.82, 2.24) is 5.32 Å². The molecule has 0 radical (unpaired) electrons. The van der Waals surface area contributed by atoms with E-state index in [-0.39, 0.29) is 0 Å². The van der Waals surface area contributed by atoms with Crippen molar-refractivity contribution in [3.8, 4) is 0 Å². The first kappa shape index (κ1) is 12.6. The predicted octanol–water partition coefficient (Wildman–Crippen LogP) is 4.23. The van der Waals surface area contributed by atoms with Gasteiger partial charge in [0, 0.05) is 16.7 Å². The zero-order chi connectivity index (χ0) is 11.4. The van der Waals surface area contributed by atoms with Gasteiger partial charge in [0.05, 0.1) is 10.0 Å². The van der Waals surface area contributed by atoms with Crippen molar-refractivity contribution < 1.29 is 0 Å². The highest BCUT2D eigenvalue weighted by atomic mass is 35.5. The Morgan fingerprint density at radius 1 is 1.19 bits per heavy atom. The monoisotopic (exact) mass is 275 g/mol. The van der Waals surface area contributed by atoms with Gasteiger partial charge >= 0.3 is 0 Å². The molecule has 16 heavy (non-hydrogen) atoms. The van der Waals surface area contributed by atoms with E-state index in [1.54, 1.807) is 0 Å². The summed E-state index contributed by atoms with van der Waals surface area (Å²) in [7, 11) is 0. The van der Waals surface area contributed by atoms with Gasteiger partial charge in [0.15, 0.2) is 0 Å². The summed E-state index contributed by atoms with van der Waals surface area (Å²) >= 11 is 13.8. The lowest BCUT2D eigenvalue weighted by atomic mass is 10.2. The van der Waals surface area contributed by atoms with E-state index in [2.05, 4.69) is 5.32 Å². The number of nitrogens with one attached hydrogen (secondary N) is 1. The average molecular weight is 276 g/mol. The highest BCUT2D eigenvalue weighted by molar-refractivity contribution is 8.00. The van der Waals surface area contributed by atoms with Crippen LogP contribution in [0.25, 0.3) is 0 Å². The molecule has 1 saturated heterocycles. The molecule has 1 aliphatic rings. The van der Waals surface area contributed by atoms with Crippen LogP contribution in [0.15, 0.2) is 23.1 Å². The second kappa shape index (κ2) is 6.15. The summed E-state index contributed by atoms with van der Waals surface area (Å²) < 4.78 is 0. The van der Waals surface area contributed by atoms with Crippen LogP contribution < -0.4 is 5.32 Å². The van der Waals surface area contributed by atoms with E-state index < -0.39 is 0 Å². The van der Waals surface area contributed by atoms with Gasteiger partial charge in [0.1, 0.15) is 0 Å². The molecular weight excluding hydrogens is 261 g/mol. The Bertz CT molecular complexity index is 349.